The molecule has 0 fully saturated rings. The molecule has 5 aliphatic rings. The van der Waals surface area contributed by atoms with Gasteiger partial charge in [0.15, 0.2) is 0 Å². The fourth-order valence-corrected chi connectivity index (χ4v) is 11.1. The van der Waals surface area contributed by atoms with E-state index in [0.717, 1.165) is 12.8 Å². The monoisotopic (exact) mass is 989 g/mol. The third-order valence-electron chi connectivity index (χ3n) is 14.7. The fraction of sp³-hybridized carbons (Fsp3) is 0.307. The molecule has 0 amide bonds. The Labute approximate surface area is 455 Å². The minimum absolute atomic E-state index is 0.136. The molecule has 75 heavy (non-hydrogen) atoms. The van der Waals surface area contributed by atoms with Gasteiger partial charge in [-0.2, -0.15) is 0 Å². The molecule has 0 saturated carbocycles. The lowest BCUT2D eigenvalue weighted by atomic mass is 9.69. The number of aryl methyl sites for hydroxylation is 3. The topological polar surface area (TPSA) is 0 Å². The lowest BCUT2D eigenvalue weighted by Crippen LogP contribution is -2.27. The van der Waals surface area contributed by atoms with E-state index in [2.05, 4.69) is 244 Å². The Bertz CT molecular complexity index is 3190. The standard InChI is InChI=1S/C26H20.C19H18.C19H20.C4H10.C3H8.2C2H6/c1-17-14-15-25-21(16-17)20-10-4-7-13-24(20)26(25)22-11-5-2-8-18(22)19-9-3-6-12-23(19)26;1-13-10-11-18-16-8-3-2-6-14(16)15-7-4-5-9-17(15)19(18)12-13;1-15-8-7-11-19(14-15)17(3)13-12-16(2)18-9-5-4-6-10-18;1-3-4-2;1-3-2;2*1-2/h2,4-8,10-16H,3,9H2,1H3;3,5,8-12H,2,4,6-7H2,1H3;4-14H,1-3H3;3-4H2,1-2H3;3H2,1-2H3;2*1-2H3/b;;16-12+,17-13+;;;;. The van der Waals surface area contributed by atoms with Gasteiger partial charge < -0.3 is 0 Å². The van der Waals surface area contributed by atoms with Crippen molar-refractivity contribution in [2.45, 2.75) is 153 Å². The van der Waals surface area contributed by atoms with Crippen LogP contribution >= 0.6 is 0 Å². The number of benzene rings is 7. The Morgan fingerprint density at radius 3 is 1.55 bits per heavy atom. The van der Waals surface area contributed by atoms with Crippen molar-refractivity contribution in [2.24, 2.45) is 0 Å². The molecule has 0 radical (unpaired) electrons. The van der Waals surface area contributed by atoms with E-state index in [1.54, 1.807) is 16.7 Å². The molecule has 12 rings (SSSR count). The van der Waals surface area contributed by atoms with Crippen LogP contribution in [0.1, 0.15) is 187 Å². The van der Waals surface area contributed by atoms with Crippen molar-refractivity contribution in [1.29, 1.82) is 0 Å². The normalized spacial score (nSPS) is 15.6. The van der Waals surface area contributed by atoms with E-state index in [4.69, 9.17) is 0 Å². The highest BCUT2D eigenvalue weighted by Crippen LogP contribution is 2.63. The molecule has 0 aliphatic heterocycles. The smallest absolute Gasteiger partial charge is 0.0722 e. The summed E-state index contributed by atoms with van der Waals surface area (Å²) in [5.41, 5.74) is 26.8. The number of hydrogen-bond donors (Lipinski definition) is 0. The third kappa shape index (κ3) is 12.7. The highest BCUT2D eigenvalue weighted by atomic mass is 14.5. The van der Waals surface area contributed by atoms with E-state index < -0.39 is 0 Å². The third-order valence-corrected chi connectivity index (χ3v) is 14.7. The summed E-state index contributed by atoms with van der Waals surface area (Å²) >= 11 is 0. The first-order valence-electron chi connectivity index (χ1n) is 28.8. The molecule has 7 aromatic carbocycles. The van der Waals surface area contributed by atoms with Crippen molar-refractivity contribution in [3.63, 3.8) is 0 Å². The van der Waals surface area contributed by atoms with Crippen molar-refractivity contribution < 1.29 is 0 Å². The number of allylic oxidation sites excluding steroid dienone is 10. The van der Waals surface area contributed by atoms with Crippen LogP contribution in [0.15, 0.2) is 182 Å². The number of fused-ring (bicyclic) bond motifs is 15. The van der Waals surface area contributed by atoms with Gasteiger partial charge in [-0.25, -0.2) is 0 Å². The SMILES string of the molecule is C/C(=C\C=C(/C)c1cccc(C)c1)c1ccccc1.CC.CC.CCC.CCCC.Cc1ccc2c(c1)-c1ccccc1C21C2=C(CCC=C2)c2ccccc21.Cc1ccc2c3c(c4c(c2c1)C=CCC4)CCC=C3. The van der Waals surface area contributed by atoms with Gasteiger partial charge in [0.2, 0.25) is 0 Å². The highest BCUT2D eigenvalue weighted by Gasteiger charge is 2.52. The van der Waals surface area contributed by atoms with Crippen LogP contribution in [-0.4, -0.2) is 0 Å². The summed E-state index contributed by atoms with van der Waals surface area (Å²) in [5, 5.41) is 2.87. The second-order valence-corrected chi connectivity index (χ2v) is 20.1. The van der Waals surface area contributed by atoms with Crippen LogP contribution in [0.25, 0.3) is 50.8 Å². The Hall–Kier alpha value is -6.76. The van der Waals surface area contributed by atoms with Gasteiger partial charge in [-0.15, -0.1) is 0 Å². The zero-order chi connectivity index (χ0) is 53.9. The highest BCUT2D eigenvalue weighted by molar-refractivity contribution is 6.00. The summed E-state index contributed by atoms with van der Waals surface area (Å²) < 4.78 is 0. The first-order valence-corrected chi connectivity index (χ1v) is 28.8. The van der Waals surface area contributed by atoms with E-state index >= 15 is 0 Å². The summed E-state index contributed by atoms with van der Waals surface area (Å²) in [5.74, 6) is 0. The fourth-order valence-electron chi connectivity index (χ4n) is 11.1. The molecule has 1 atom stereocenters. The van der Waals surface area contributed by atoms with Gasteiger partial charge in [-0.05, 0) is 173 Å². The van der Waals surface area contributed by atoms with Crippen LogP contribution in [0.5, 0.6) is 0 Å². The molecule has 0 heterocycles. The molecule has 0 saturated heterocycles. The van der Waals surface area contributed by atoms with Crippen molar-refractivity contribution in [2.75, 3.05) is 0 Å². The zero-order valence-electron chi connectivity index (χ0n) is 48.3. The predicted octanol–water partition coefficient (Wildman–Crippen LogP) is 22.3. The van der Waals surface area contributed by atoms with E-state index in [1.807, 2.05) is 33.8 Å². The van der Waals surface area contributed by atoms with E-state index in [0.29, 0.717) is 0 Å². The minimum Gasteiger partial charge on any atom is -0.0839 e. The van der Waals surface area contributed by atoms with Gasteiger partial charge in [0.05, 0.1) is 5.41 Å². The zero-order valence-corrected chi connectivity index (χ0v) is 48.3. The van der Waals surface area contributed by atoms with Crippen LogP contribution in [0.3, 0.4) is 0 Å². The van der Waals surface area contributed by atoms with E-state index in [1.165, 1.54) is 145 Å². The second kappa shape index (κ2) is 28.2. The molecule has 5 aliphatic carbocycles. The minimum atomic E-state index is -0.136. The summed E-state index contributed by atoms with van der Waals surface area (Å²) in [4.78, 5) is 0. The second-order valence-electron chi connectivity index (χ2n) is 20.1. The molecule has 388 valence electrons. The van der Waals surface area contributed by atoms with Gasteiger partial charge >= 0.3 is 0 Å². The maximum Gasteiger partial charge on any atom is 0.0722 e. The molecular weight excluding hydrogens is 901 g/mol. The lowest BCUT2D eigenvalue weighted by Gasteiger charge is -2.32. The van der Waals surface area contributed by atoms with Crippen LogP contribution in [-0.2, 0) is 18.3 Å². The van der Waals surface area contributed by atoms with Gasteiger partial charge in [0.1, 0.15) is 0 Å². The number of hydrogen-bond acceptors (Lipinski definition) is 0. The molecule has 7 aromatic rings. The number of rotatable bonds is 4. The molecule has 1 spiro atoms. The molecule has 0 N–H and O–H groups in total. The maximum absolute atomic E-state index is 2.41. The Morgan fingerprint density at radius 1 is 0.440 bits per heavy atom. The summed E-state index contributed by atoms with van der Waals surface area (Å²) in [7, 11) is 0. The quantitative estimate of drug-likeness (QED) is 0.154. The van der Waals surface area contributed by atoms with Crippen LogP contribution < -0.4 is 0 Å². The molecule has 0 bridgehead atoms. The van der Waals surface area contributed by atoms with Crippen molar-refractivity contribution >= 4 is 39.6 Å². The Balaban J connectivity index is 0.000000169. The lowest BCUT2D eigenvalue weighted by molar-refractivity contribution is 0.780. The average molecular weight is 990 g/mol. The van der Waals surface area contributed by atoms with Crippen molar-refractivity contribution in [1.82, 2.24) is 0 Å². The molecule has 0 aromatic heterocycles. The van der Waals surface area contributed by atoms with E-state index in [-0.39, 0.29) is 5.41 Å². The Kier molecular flexibility index (Phi) is 21.6. The van der Waals surface area contributed by atoms with Crippen molar-refractivity contribution in [3.8, 4) is 11.1 Å². The van der Waals surface area contributed by atoms with Gasteiger partial charge in [-0.3, -0.25) is 0 Å². The summed E-state index contributed by atoms with van der Waals surface area (Å²) in [6.07, 6.45) is 29.5. The molecule has 0 heteroatoms. The maximum atomic E-state index is 2.41. The predicted molar refractivity (Wildman–Crippen MR) is 336 cm³/mol. The van der Waals surface area contributed by atoms with E-state index in [9.17, 15) is 0 Å². The van der Waals surface area contributed by atoms with Gasteiger partial charge in [-0.1, -0.05) is 279 Å². The van der Waals surface area contributed by atoms with Crippen molar-refractivity contribution in [3.05, 3.63) is 254 Å². The van der Waals surface area contributed by atoms with Gasteiger partial charge in [0.25, 0.3) is 0 Å². The largest absolute Gasteiger partial charge is 0.0839 e. The average Bonchev–Trinajstić information content (AvgIpc) is 4.03. The molecule has 0 nitrogen and oxygen atoms in total. The van der Waals surface area contributed by atoms with Crippen LogP contribution in [0, 0.1) is 20.8 Å². The van der Waals surface area contributed by atoms with Crippen LogP contribution in [0.2, 0.25) is 0 Å². The first-order chi connectivity index (χ1) is 36.7. The first kappa shape index (κ1) is 57.5. The van der Waals surface area contributed by atoms with Crippen LogP contribution in [0.4, 0.5) is 0 Å². The van der Waals surface area contributed by atoms with Gasteiger partial charge in [0, 0.05) is 0 Å². The molecule has 1 unspecified atom stereocenters. The summed E-state index contributed by atoms with van der Waals surface area (Å²) in [6.45, 7) is 27.4. The Morgan fingerprint density at radius 2 is 0.920 bits per heavy atom. The summed E-state index contributed by atoms with van der Waals surface area (Å²) in [6, 6.07) is 51.1. The molecular formula is C75H88. The number of unbranched alkanes of at least 4 members (excludes halogenated alkanes) is 1.